The summed E-state index contributed by atoms with van der Waals surface area (Å²) in [5.41, 5.74) is 10.5. The average Bonchev–Trinajstić information content (AvgIpc) is 2.56. The third-order valence-electron chi connectivity index (χ3n) is 2.58. The van der Waals surface area contributed by atoms with Gasteiger partial charge in [0.15, 0.2) is 0 Å². The van der Waals surface area contributed by atoms with Crippen LogP contribution in [-0.4, -0.2) is 11.1 Å². The summed E-state index contributed by atoms with van der Waals surface area (Å²) in [5, 5.41) is 5.44. The average molecular weight is 235 g/mol. The first-order valence-corrected chi connectivity index (χ1v) is 5.34. The van der Waals surface area contributed by atoms with Crippen molar-refractivity contribution in [3.05, 3.63) is 45.4 Å². The lowest BCUT2D eigenvalue weighted by molar-refractivity contribution is 0.924. The molecule has 16 heavy (non-hydrogen) atoms. The molecule has 2 rings (SSSR count). The molecule has 0 atom stereocenters. The maximum atomic E-state index is 8.23. The van der Waals surface area contributed by atoms with Crippen molar-refractivity contribution in [1.29, 1.82) is 0 Å². The highest BCUT2D eigenvalue weighted by molar-refractivity contribution is 6.31. The van der Waals surface area contributed by atoms with Crippen LogP contribution in [0.2, 0.25) is 5.02 Å². The molecule has 0 aliphatic rings. The largest absolute Gasteiger partial charge is 0.350 e. The van der Waals surface area contributed by atoms with Gasteiger partial charge in [-0.25, -0.2) is 0 Å². The molecule has 0 saturated heterocycles. The SMILES string of the molecule is Cn1cc(CCN=[N+]=[N-])c2ccc(Cl)cc21. The molecule has 1 aromatic heterocycles. The number of aromatic nitrogens is 1. The molecule has 0 aliphatic carbocycles. The van der Waals surface area contributed by atoms with Crippen molar-refractivity contribution in [2.24, 2.45) is 12.2 Å². The highest BCUT2D eigenvalue weighted by Gasteiger charge is 2.06. The Balaban J connectivity index is 2.42. The van der Waals surface area contributed by atoms with Crippen molar-refractivity contribution >= 4 is 22.5 Å². The number of nitrogens with zero attached hydrogens (tertiary/aromatic N) is 4. The second-order valence-electron chi connectivity index (χ2n) is 3.63. The van der Waals surface area contributed by atoms with E-state index in [1.165, 1.54) is 10.9 Å². The summed E-state index contributed by atoms with van der Waals surface area (Å²) in [6.07, 6.45) is 2.80. The summed E-state index contributed by atoms with van der Waals surface area (Å²) in [7, 11) is 1.98. The molecule has 82 valence electrons. The predicted molar refractivity (Wildman–Crippen MR) is 65.6 cm³/mol. The molecule has 0 aliphatic heterocycles. The Morgan fingerprint density at radius 3 is 3.06 bits per heavy atom. The van der Waals surface area contributed by atoms with E-state index in [-0.39, 0.29) is 0 Å². The number of hydrogen-bond donors (Lipinski definition) is 0. The maximum absolute atomic E-state index is 8.23. The van der Waals surface area contributed by atoms with Crippen molar-refractivity contribution in [3.8, 4) is 0 Å². The normalized spacial score (nSPS) is 10.4. The number of azide groups is 1. The van der Waals surface area contributed by atoms with Crippen LogP contribution >= 0.6 is 11.6 Å². The molecular weight excluding hydrogens is 224 g/mol. The van der Waals surface area contributed by atoms with Crippen molar-refractivity contribution in [1.82, 2.24) is 4.57 Å². The Morgan fingerprint density at radius 1 is 1.50 bits per heavy atom. The molecule has 0 N–H and O–H groups in total. The zero-order valence-corrected chi connectivity index (χ0v) is 9.65. The molecule has 1 heterocycles. The van der Waals surface area contributed by atoms with E-state index < -0.39 is 0 Å². The van der Waals surface area contributed by atoms with E-state index in [1.54, 1.807) is 0 Å². The van der Waals surface area contributed by atoms with Crippen LogP contribution < -0.4 is 0 Å². The van der Waals surface area contributed by atoms with E-state index in [9.17, 15) is 0 Å². The fraction of sp³-hybridized carbons (Fsp3) is 0.273. The first kappa shape index (κ1) is 10.9. The number of fused-ring (bicyclic) bond motifs is 1. The van der Waals surface area contributed by atoms with E-state index >= 15 is 0 Å². The molecule has 0 radical (unpaired) electrons. The Hall–Kier alpha value is -1.64. The predicted octanol–water partition coefficient (Wildman–Crippen LogP) is 3.68. The minimum atomic E-state index is 0.484. The minimum absolute atomic E-state index is 0.484. The molecule has 0 saturated carbocycles. The smallest absolute Gasteiger partial charge is 0.0495 e. The van der Waals surface area contributed by atoms with E-state index in [0.29, 0.717) is 6.54 Å². The quantitative estimate of drug-likeness (QED) is 0.442. The fourth-order valence-electron chi connectivity index (χ4n) is 1.86. The second kappa shape index (κ2) is 4.47. The summed E-state index contributed by atoms with van der Waals surface area (Å²) in [6, 6.07) is 5.82. The molecule has 4 nitrogen and oxygen atoms in total. The maximum Gasteiger partial charge on any atom is 0.0495 e. The highest BCUT2D eigenvalue weighted by Crippen LogP contribution is 2.24. The van der Waals surface area contributed by atoms with E-state index in [4.69, 9.17) is 17.1 Å². The zero-order chi connectivity index (χ0) is 11.5. The van der Waals surface area contributed by atoms with Gasteiger partial charge >= 0.3 is 0 Å². The lowest BCUT2D eigenvalue weighted by Gasteiger charge is -1.96. The lowest BCUT2D eigenvalue weighted by Crippen LogP contribution is -1.86. The standard InChI is InChI=1S/C11H11ClN4/c1-16-7-8(4-5-14-15-13)10-3-2-9(12)6-11(10)16/h2-3,6-7H,4-5H2,1H3. The van der Waals surface area contributed by atoms with Crippen LogP contribution in [-0.2, 0) is 13.5 Å². The minimum Gasteiger partial charge on any atom is -0.350 e. The van der Waals surface area contributed by atoms with Gasteiger partial charge in [-0.15, -0.1) is 0 Å². The van der Waals surface area contributed by atoms with E-state index in [1.807, 2.05) is 36.0 Å². The molecule has 0 fully saturated rings. The Labute approximate surface area is 98.1 Å². The molecular formula is C11H11ClN4. The van der Waals surface area contributed by atoms with Gasteiger partial charge in [-0.3, -0.25) is 0 Å². The summed E-state index contributed by atoms with van der Waals surface area (Å²) in [4.78, 5) is 2.75. The van der Waals surface area contributed by atoms with Crippen LogP contribution in [0.1, 0.15) is 5.56 Å². The van der Waals surface area contributed by atoms with Gasteiger partial charge in [-0.2, -0.15) is 0 Å². The van der Waals surface area contributed by atoms with Crippen LogP contribution in [0.25, 0.3) is 21.3 Å². The molecule has 1 aromatic carbocycles. The molecule has 0 spiro atoms. The van der Waals surface area contributed by atoms with Crippen molar-refractivity contribution < 1.29 is 0 Å². The third kappa shape index (κ3) is 1.98. The Bertz CT molecular complexity index is 567. The summed E-state index contributed by atoms with van der Waals surface area (Å²) >= 11 is 5.95. The molecule has 0 unspecified atom stereocenters. The van der Waals surface area contributed by atoms with Crippen LogP contribution in [0.4, 0.5) is 0 Å². The van der Waals surface area contributed by atoms with Gasteiger partial charge in [0.25, 0.3) is 0 Å². The Kier molecular flexibility index (Phi) is 3.04. The number of benzene rings is 1. The van der Waals surface area contributed by atoms with Gasteiger partial charge in [-0.05, 0) is 29.6 Å². The van der Waals surface area contributed by atoms with Gasteiger partial charge in [0.05, 0.1) is 0 Å². The number of aryl methyl sites for hydroxylation is 1. The molecule has 0 amide bonds. The summed E-state index contributed by atoms with van der Waals surface area (Å²) < 4.78 is 2.03. The molecule has 0 bridgehead atoms. The van der Waals surface area contributed by atoms with Crippen LogP contribution in [0.15, 0.2) is 29.5 Å². The first-order chi connectivity index (χ1) is 7.72. The Morgan fingerprint density at radius 2 is 2.31 bits per heavy atom. The summed E-state index contributed by atoms with van der Waals surface area (Å²) in [6.45, 7) is 0.484. The zero-order valence-electron chi connectivity index (χ0n) is 8.89. The number of hydrogen-bond acceptors (Lipinski definition) is 1. The first-order valence-electron chi connectivity index (χ1n) is 4.96. The van der Waals surface area contributed by atoms with E-state index in [0.717, 1.165) is 17.0 Å². The molecule has 5 heteroatoms. The number of halogens is 1. The van der Waals surface area contributed by atoms with Gasteiger partial charge in [0, 0.05) is 40.6 Å². The van der Waals surface area contributed by atoms with Gasteiger partial charge in [-0.1, -0.05) is 22.8 Å². The van der Waals surface area contributed by atoms with Crippen LogP contribution in [0, 0.1) is 0 Å². The number of rotatable bonds is 3. The van der Waals surface area contributed by atoms with Crippen molar-refractivity contribution in [2.45, 2.75) is 6.42 Å². The monoisotopic (exact) mass is 234 g/mol. The van der Waals surface area contributed by atoms with Crippen LogP contribution in [0.3, 0.4) is 0 Å². The van der Waals surface area contributed by atoms with Gasteiger partial charge in [0.2, 0.25) is 0 Å². The third-order valence-corrected chi connectivity index (χ3v) is 2.81. The van der Waals surface area contributed by atoms with Gasteiger partial charge < -0.3 is 4.57 Å². The van der Waals surface area contributed by atoms with E-state index in [2.05, 4.69) is 10.0 Å². The lowest BCUT2D eigenvalue weighted by atomic mass is 10.1. The van der Waals surface area contributed by atoms with Crippen LogP contribution in [0.5, 0.6) is 0 Å². The van der Waals surface area contributed by atoms with Crippen molar-refractivity contribution in [3.63, 3.8) is 0 Å². The van der Waals surface area contributed by atoms with Crippen molar-refractivity contribution in [2.75, 3.05) is 6.54 Å². The molecule has 2 aromatic rings. The summed E-state index contributed by atoms with van der Waals surface area (Å²) in [5.74, 6) is 0. The second-order valence-corrected chi connectivity index (χ2v) is 4.07. The topological polar surface area (TPSA) is 53.7 Å². The fourth-order valence-corrected chi connectivity index (χ4v) is 2.02. The van der Waals surface area contributed by atoms with Gasteiger partial charge in [0.1, 0.15) is 0 Å². The highest BCUT2D eigenvalue weighted by atomic mass is 35.5.